The van der Waals surface area contributed by atoms with Gasteiger partial charge in [0.05, 0.1) is 11.4 Å². The Balaban J connectivity index is 1.62. The molecule has 0 fully saturated rings. The second-order valence-electron chi connectivity index (χ2n) is 6.82. The molecule has 0 saturated carbocycles. The van der Waals surface area contributed by atoms with Gasteiger partial charge in [0, 0.05) is 23.1 Å². The van der Waals surface area contributed by atoms with Crippen molar-refractivity contribution in [2.24, 2.45) is 0 Å². The third-order valence-corrected chi connectivity index (χ3v) is 5.79. The molecule has 28 heavy (non-hydrogen) atoms. The van der Waals surface area contributed by atoms with Crippen molar-refractivity contribution >= 4 is 39.7 Å². The van der Waals surface area contributed by atoms with E-state index in [4.69, 9.17) is 0 Å². The number of rotatable bonds is 2. The summed E-state index contributed by atoms with van der Waals surface area (Å²) in [5, 5.41) is 3.03. The number of fused-ring (bicyclic) bond motifs is 2. The number of nitrogens with zero attached hydrogens (tertiary/aromatic N) is 2. The molecule has 2 amide bonds. The van der Waals surface area contributed by atoms with Crippen molar-refractivity contribution in [2.45, 2.75) is 19.3 Å². The smallest absolute Gasteiger partial charge is 0.248 e. The van der Waals surface area contributed by atoms with E-state index in [1.54, 1.807) is 6.20 Å². The lowest BCUT2D eigenvalue weighted by atomic mass is 9.93. The second kappa shape index (κ2) is 5.93. The van der Waals surface area contributed by atoms with E-state index in [9.17, 15) is 18.4 Å². The molecule has 2 aliphatic rings. The van der Waals surface area contributed by atoms with Gasteiger partial charge in [0.15, 0.2) is 5.13 Å². The molecule has 2 aliphatic heterocycles. The van der Waals surface area contributed by atoms with Crippen molar-refractivity contribution in [1.82, 2.24) is 4.98 Å². The fourth-order valence-corrected chi connectivity index (χ4v) is 4.55. The minimum Gasteiger partial charge on any atom is -0.301 e. The largest absolute Gasteiger partial charge is 0.301 e. The van der Waals surface area contributed by atoms with Crippen LogP contribution in [0.1, 0.15) is 27.5 Å². The Morgan fingerprint density at radius 1 is 1.21 bits per heavy atom. The number of thiazole rings is 1. The summed E-state index contributed by atoms with van der Waals surface area (Å²) >= 11 is 1.29. The third-order valence-electron chi connectivity index (χ3n) is 4.96. The molecule has 1 N–H and O–H groups in total. The second-order valence-corrected chi connectivity index (χ2v) is 8.06. The molecular formula is C20H13F2N3O2S. The van der Waals surface area contributed by atoms with Gasteiger partial charge in [-0.2, -0.15) is 0 Å². The summed E-state index contributed by atoms with van der Waals surface area (Å²) in [6.45, 7) is 1.85. The van der Waals surface area contributed by atoms with Gasteiger partial charge in [-0.25, -0.2) is 13.8 Å². The lowest BCUT2D eigenvalue weighted by Crippen LogP contribution is -2.32. The highest BCUT2D eigenvalue weighted by atomic mass is 32.1. The van der Waals surface area contributed by atoms with E-state index < -0.39 is 29.4 Å². The summed E-state index contributed by atoms with van der Waals surface area (Å²) in [7, 11) is 0. The van der Waals surface area contributed by atoms with Gasteiger partial charge in [-0.15, -0.1) is 11.3 Å². The van der Waals surface area contributed by atoms with Crippen LogP contribution in [0.2, 0.25) is 0 Å². The third kappa shape index (κ3) is 2.45. The molecule has 3 aromatic rings. The standard InChI is InChI=1S/C20H13F2N3O2S/c1-9-8-23-20(28-9)24-18(26)16-14-7-13(22)6-11-4-10-5-12(21)2-3-15(10)25(17(11)14)19(16)27/h2-3,5-8,16H,4H2,1H3,(H,23,24,26). The van der Waals surface area contributed by atoms with Crippen molar-refractivity contribution in [1.29, 1.82) is 0 Å². The van der Waals surface area contributed by atoms with Crippen molar-refractivity contribution < 1.29 is 18.4 Å². The Morgan fingerprint density at radius 3 is 2.75 bits per heavy atom. The van der Waals surface area contributed by atoms with Gasteiger partial charge in [0.2, 0.25) is 11.8 Å². The first-order valence-electron chi connectivity index (χ1n) is 8.60. The maximum Gasteiger partial charge on any atom is 0.248 e. The molecule has 0 saturated heterocycles. The maximum atomic E-state index is 14.3. The lowest BCUT2D eigenvalue weighted by Gasteiger charge is -2.28. The minimum atomic E-state index is -1.19. The summed E-state index contributed by atoms with van der Waals surface area (Å²) in [6.07, 6.45) is 1.91. The van der Waals surface area contributed by atoms with E-state index in [1.807, 2.05) is 6.92 Å². The van der Waals surface area contributed by atoms with Crippen molar-refractivity contribution in [3.63, 3.8) is 0 Å². The van der Waals surface area contributed by atoms with E-state index >= 15 is 0 Å². The van der Waals surface area contributed by atoms with Crippen LogP contribution in [0.15, 0.2) is 36.5 Å². The predicted molar refractivity (Wildman–Crippen MR) is 101 cm³/mol. The van der Waals surface area contributed by atoms with Crippen LogP contribution in [-0.2, 0) is 16.0 Å². The number of nitrogens with one attached hydrogen (secondary N) is 1. The van der Waals surface area contributed by atoms with Crippen LogP contribution in [0.3, 0.4) is 0 Å². The zero-order valence-corrected chi connectivity index (χ0v) is 15.4. The van der Waals surface area contributed by atoms with Gasteiger partial charge in [-0.1, -0.05) is 0 Å². The van der Waals surface area contributed by atoms with Gasteiger partial charge < -0.3 is 5.32 Å². The Bertz CT molecular complexity index is 1170. The molecule has 0 bridgehead atoms. The highest BCUT2D eigenvalue weighted by Gasteiger charge is 2.46. The highest BCUT2D eigenvalue weighted by molar-refractivity contribution is 7.15. The van der Waals surface area contributed by atoms with Gasteiger partial charge in [-0.3, -0.25) is 14.5 Å². The first kappa shape index (κ1) is 17.0. The van der Waals surface area contributed by atoms with Crippen LogP contribution in [0, 0.1) is 18.6 Å². The molecule has 0 spiro atoms. The van der Waals surface area contributed by atoms with Crippen molar-refractivity contribution in [2.75, 3.05) is 10.2 Å². The molecule has 1 unspecified atom stereocenters. The van der Waals surface area contributed by atoms with Gasteiger partial charge >= 0.3 is 0 Å². The van der Waals surface area contributed by atoms with Gasteiger partial charge in [-0.05, 0) is 48.4 Å². The van der Waals surface area contributed by atoms with E-state index in [2.05, 4.69) is 10.3 Å². The lowest BCUT2D eigenvalue weighted by molar-refractivity contribution is -0.126. The molecule has 1 atom stereocenters. The van der Waals surface area contributed by atoms with E-state index in [1.165, 1.54) is 46.6 Å². The summed E-state index contributed by atoms with van der Waals surface area (Å²) < 4.78 is 28.0. The molecular weight excluding hydrogens is 384 g/mol. The summed E-state index contributed by atoms with van der Waals surface area (Å²) in [5.41, 5.74) is 2.49. The molecule has 5 rings (SSSR count). The fourth-order valence-electron chi connectivity index (χ4n) is 3.88. The zero-order chi connectivity index (χ0) is 19.6. The average molecular weight is 397 g/mol. The Hall–Kier alpha value is -3.13. The van der Waals surface area contributed by atoms with Crippen LogP contribution in [-0.4, -0.2) is 16.8 Å². The van der Waals surface area contributed by atoms with E-state index in [-0.39, 0.29) is 6.42 Å². The van der Waals surface area contributed by atoms with Gasteiger partial charge in [0.25, 0.3) is 0 Å². The maximum absolute atomic E-state index is 14.3. The Kier molecular flexibility index (Phi) is 3.60. The number of amides is 2. The van der Waals surface area contributed by atoms with E-state index in [0.717, 1.165) is 4.88 Å². The summed E-state index contributed by atoms with van der Waals surface area (Å²) in [5.74, 6) is -3.21. The number of halogens is 2. The average Bonchev–Trinajstić information content (AvgIpc) is 3.16. The van der Waals surface area contributed by atoms with Gasteiger partial charge in [0.1, 0.15) is 17.6 Å². The monoisotopic (exact) mass is 397 g/mol. The molecule has 2 aromatic carbocycles. The Labute approximate surface area is 162 Å². The van der Waals surface area contributed by atoms with Crippen LogP contribution >= 0.6 is 11.3 Å². The Morgan fingerprint density at radius 2 is 2.00 bits per heavy atom. The number of aromatic nitrogens is 1. The number of carbonyl (C=O) groups is 2. The molecule has 140 valence electrons. The molecule has 1 aromatic heterocycles. The highest BCUT2D eigenvalue weighted by Crippen LogP contribution is 2.49. The van der Waals surface area contributed by atoms with Crippen LogP contribution in [0.4, 0.5) is 25.3 Å². The molecule has 5 nitrogen and oxygen atoms in total. The van der Waals surface area contributed by atoms with Crippen LogP contribution < -0.4 is 10.2 Å². The number of benzene rings is 2. The zero-order valence-electron chi connectivity index (χ0n) is 14.6. The quantitative estimate of drug-likeness (QED) is 0.664. The first-order chi connectivity index (χ1) is 13.4. The summed E-state index contributed by atoms with van der Waals surface area (Å²) in [4.78, 5) is 32.5. The predicted octanol–water partition coefficient (Wildman–Crippen LogP) is 4.03. The van der Waals surface area contributed by atoms with Crippen LogP contribution in [0.25, 0.3) is 0 Å². The number of hydrogen-bond acceptors (Lipinski definition) is 4. The topological polar surface area (TPSA) is 62.3 Å². The number of hydrogen-bond donors (Lipinski definition) is 1. The van der Waals surface area contributed by atoms with E-state index in [0.29, 0.717) is 33.2 Å². The molecule has 0 radical (unpaired) electrons. The minimum absolute atomic E-state index is 0.289. The van der Waals surface area contributed by atoms with Crippen molar-refractivity contribution in [3.05, 3.63) is 69.7 Å². The number of anilines is 3. The number of carbonyl (C=O) groups excluding carboxylic acids is 2. The normalized spacial score (nSPS) is 16.8. The first-order valence-corrected chi connectivity index (χ1v) is 9.42. The summed E-state index contributed by atoms with van der Waals surface area (Å²) in [6, 6.07) is 6.68. The molecule has 0 aliphatic carbocycles. The van der Waals surface area contributed by atoms with Crippen LogP contribution in [0.5, 0.6) is 0 Å². The SMILES string of the molecule is Cc1cnc(NC(=O)C2C(=O)N3c4ccc(F)cc4Cc4cc(F)cc2c43)s1. The van der Waals surface area contributed by atoms with Crippen molar-refractivity contribution in [3.8, 4) is 0 Å². The fraction of sp³-hybridized carbons (Fsp3) is 0.150. The molecule has 3 heterocycles. The number of aryl methyl sites for hydroxylation is 1. The molecule has 8 heteroatoms.